The standard InChI is InChI=1S/C8H6Br2N2O2S/c9-4-1-3(2-5(10)6(4)15)12-8(14)7(11)13/h1-2,15H,(H2,11,13)(H,12,14). The smallest absolute Gasteiger partial charge is 0.313 e. The van der Waals surface area contributed by atoms with E-state index in [1.165, 1.54) is 0 Å². The molecular formula is C8H6Br2N2O2S. The Bertz CT molecular complexity index is 414. The number of nitrogens with two attached hydrogens (primary N) is 1. The molecule has 0 saturated carbocycles. The number of carbonyl (C=O) groups is 2. The van der Waals surface area contributed by atoms with E-state index in [1.807, 2.05) is 0 Å². The Balaban J connectivity index is 2.98. The normalized spacial score (nSPS) is 9.80. The second-order valence-electron chi connectivity index (χ2n) is 2.61. The second kappa shape index (κ2) is 5.00. The first-order valence-corrected chi connectivity index (χ1v) is 5.74. The lowest BCUT2D eigenvalue weighted by Crippen LogP contribution is -2.29. The van der Waals surface area contributed by atoms with Crippen molar-refractivity contribution in [3.63, 3.8) is 0 Å². The van der Waals surface area contributed by atoms with Crippen molar-refractivity contribution in [2.45, 2.75) is 4.90 Å². The van der Waals surface area contributed by atoms with Crippen molar-refractivity contribution in [1.82, 2.24) is 0 Å². The molecule has 0 atom stereocenters. The molecule has 0 aliphatic rings. The average Bonchev–Trinajstić information content (AvgIpc) is 2.13. The lowest BCUT2D eigenvalue weighted by molar-refractivity contribution is -0.134. The van der Waals surface area contributed by atoms with Gasteiger partial charge in [-0.3, -0.25) is 9.59 Å². The van der Waals surface area contributed by atoms with E-state index in [0.717, 1.165) is 0 Å². The van der Waals surface area contributed by atoms with Crippen LogP contribution in [0.5, 0.6) is 0 Å². The molecule has 0 saturated heterocycles. The third-order valence-corrected chi connectivity index (χ3v) is 3.84. The maximum absolute atomic E-state index is 11.0. The number of hydrogen-bond donors (Lipinski definition) is 3. The van der Waals surface area contributed by atoms with E-state index < -0.39 is 11.8 Å². The fourth-order valence-corrected chi connectivity index (χ4v) is 2.15. The quantitative estimate of drug-likeness (QED) is 0.533. The van der Waals surface area contributed by atoms with Crippen LogP contribution in [0.25, 0.3) is 0 Å². The predicted octanol–water partition coefficient (Wildman–Crippen LogP) is 1.92. The lowest BCUT2D eigenvalue weighted by Gasteiger charge is -2.06. The molecule has 0 bridgehead atoms. The number of hydrogen-bond acceptors (Lipinski definition) is 3. The van der Waals surface area contributed by atoms with Crippen LogP contribution in [-0.2, 0) is 9.59 Å². The molecule has 0 aliphatic carbocycles. The van der Waals surface area contributed by atoms with Gasteiger partial charge in [0.1, 0.15) is 0 Å². The molecule has 1 rings (SSSR count). The molecule has 0 fully saturated rings. The van der Waals surface area contributed by atoms with Crippen molar-refractivity contribution in [3.05, 3.63) is 21.1 Å². The average molecular weight is 354 g/mol. The number of nitrogens with one attached hydrogen (secondary N) is 1. The van der Waals surface area contributed by atoms with Gasteiger partial charge in [-0.15, -0.1) is 12.6 Å². The van der Waals surface area contributed by atoms with Crippen molar-refractivity contribution >= 4 is 62.0 Å². The number of halogens is 2. The van der Waals surface area contributed by atoms with Gasteiger partial charge in [0.25, 0.3) is 0 Å². The maximum atomic E-state index is 11.0. The Morgan fingerprint density at radius 3 is 2.13 bits per heavy atom. The van der Waals surface area contributed by atoms with Crippen LogP contribution >= 0.6 is 44.5 Å². The molecule has 0 aromatic heterocycles. The number of thiol groups is 1. The first-order chi connectivity index (χ1) is 6.91. The molecule has 0 aliphatic heterocycles. The highest BCUT2D eigenvalue weighted by molar-refractivity contribution is 9.11. The SMILES string of the molecule is NC(=O)C(=O)Nc1cc(Br)c(S)c(Br)c1. The number of carbonyl (C=O) groups excluding carboxylic acids is 2. The molecular weight excluding hydrogens is 348 g/mol. The molecule has 1 aromatic rings. The van der Waals surface area contributed by atoms with Crippen LogP contribution in [0.4, 0.5) is 5.69 Å². The zero-order chi connectivity index (χ0) is 11.6. The summed E-state index contributed by atoms with van der Waals surface area (Å²) in [6, 6.07) is 3.24. The van der Waals surface area contributed by atoms with Crippen LogP contribution in [0.2, 0.25) is 0 Å². The molecule has 0 unspecified atom stereocenters. The molecule has 3 N–H and O–H groups in total. The topological polar surface area (TPSA) is 72.2 Å². The van der Waals surface area contributed by atoms with Crippen LogP contribution in [0.15, 0.2) is 26.0 Å². The highest BCUT2D eigenvalue weighted by atomic mass is 79.9. The molecule has 15 heavy (non-hydrogen) atoms. The third kappa shape index (κ3) is 3.22. The van der Waals surface area contributed by atoms with Crippen molar-refractivity contribution in [3.8, 4) is 0 Å². The fourth-order valence-electron chi connectivity index (χ4n) is 0.830. The summed E-state index contributed by atoms with van der Waals surface area (Å²) in [5, 5.41) is 2.34. The van der Waals surface area contributed by atoms with Gasteiger partial charge in [-0.1, -0.05) is 0 Å². The Kier molecular flexibility index (Phi) is 4.18. The first kappa shape index (κ1) is 12.5. The largest absolute Gasteiger partial charge is 0.361 e. The van der Waals surface area contributed by atoms with E-state index in [-0.39, 0.29) is 0 Å². The molecule has 80 valence electrons. The zero-order valence-electron chi connectivity index (χ0n) is 7.25. The Morgan fingerprint density at radius 2 is 1.73 bits per heavy atom. The number of rotatable bonds is 1. The number of primary amides is 1. The monoisotopic (exact) mass is 352 g/mol. The summed E-state index contributed by atoms with van der Waals surface area (Å²) < 4.78 is 1.39. The molecule has 2 amide bonds. The Morgan fingerprint density at radius 1 is 1.27 bits per heavy atom. The third-order valence-electron chi connectivity index (χ3n) is 1.50. The van der Waals surface area contributed by atoms with E-state index in [4.69, 9.17) is 5.73 Å². The van der Waals surface area contributed by atoms with E-state index in [0.29, 0.717) is 19.5 Å². The molecule has 0 radical (unpaired) electrons. The van der Waals surface area contributed by atoms with Crippen molar-refractivity contribution < 1.29 is 9.59 Å². The lowest BCUT2D eigenvalue weighted by atomic mass is 10.3. The van der Waals surface area contributed by atoms with E-state index in [1.54, 1.807) is 12.1 Å². The minimum atomic E-state index is -1.03. The summed E-state index contributed by atoms with van der Waals surface area (Å²) in [6.07, 6.45) is 0. The van der Waals surface area contributed by atoms with Gasteiger partial charge in [0.15, 0.2) is 0 Å². The molecule has 1 aromatic carbocycles. The zero-order valence-corrected chi connectivity index (χ0v) is 11.3. The van der Waals surface area contributed by atoms with E-state index in [9.17, 15) is 9.59 Å². The van der Waals surface area contributed by atoms with Gasteiger partial charge in [-0.05, 0) is 44.0 Å². The Labute approximate surface area is 108 Å². The number of amides is 2. The van der Waals surface area contributed by atoms with Crippen molar-refractivity contribution in [2.24, 2.45) is 5.73 Å². The minimum absolute atomic E-state index is 0.454. The van der Waals surface area contributed by atoms with Crippen molar-refractivity contribution in [1.29, 1.82) is 0 Å². The van der Waals surface area contributed by atoms with Gasteiger partial charge in [0, 0.05) is 19.5 Å². The number of anilines is 1. The molecule has 7 heteroatoms. The maximum Gasteiger partial charge on any atom is 0.313 e. The summed E-state index contributed by atoms with van der Waals surface area (Å²) in [5.41, 5.74) is 5.25. The predicted molar refractivity (Wildman–Crippen MR) is 66.9 cm³/mol. The summed E-state index contributed by atoms with van der Waals surface area (Å²) in [5.74, 6) is -1.89. The van der Waals surface area contributed by atoms with Gasteiger partial charge in [-0.2, -0.15) is 0 Å². The summed E-state index contributed by atoms with van der Waals surface area (Å²) >= 11 is 10.7. The highest BCUT2D eigenvalue weighted by Crippen LogP contribution is 2.32. The van der Waals surface area contributed by atoms with Crippen LogP contribution in [0.3, 0.4) is 0 Å². The van der Waals surface area contributed by atoms with Gasteiger partial charge in [0.05, 0.1) is 0 Å². The van der Waals surface area contributed by atoms with E-state index in [2.05, 4.69) is 49.8 Å². The minimum Gasteiger partial charge on any atom is -0.361 e. The van der Waals surface area contributed by atoms with Crippen LogP contribution in [0.1, 0.15) is 0 Å². The Hall–Kier alpha value is -0.530. The van der Waals surface area contributed by atoms with Gasteiger partial charge in [-0.25, -0.2) is 0 Å². The van der Waals surface area contributed by atoms with Crippen LogP contribution in [0, 0.1) is 0 Å². The second-order valence-corrected chi connectivity index (χ2v) is 4.76. The van der Waals surface area contributed by atoms with Gasteiger partial charge >= 0.3 is 11.8 Å². The summed E-state index contributed by atoms with van der Waals surface area (Å²) in [7, 11) is 0. The number of benzene rings is 1. The van der Waals surface area contributed by atoms with Gasteiger partial charge < -0.3 is 11.1 Å². The molecule has 0 spiro atoms. The van der Waals surface area contributed by atoms with Crippen LogP contribution < -0.4 is 11.1 Å². The summed E-state index contributed by atoms with van der Waals surface area (Å²) in [6.45, 7) is 0. The first-order valence-electron chi connectivity index (χ1n) is 3.70. The molecule has 0 heterocycles. The highest BCUT2D eigenvalue weighted by Gasteiger charge is 2.10. The van der Waals surface area contributed by atoms with Crippen molar-refractivity contribution in [2.75, 3.05) is 5.32 Å². The molecule has 4 nitrogen and oxygen atoms in total. The van der Waals surface area contributed by atoms with Crippen LogP contribution in [-0.4, -0.2) is 11.8 Å². The van der Waals surface area contributed by atoms with E-state index >= 15 is 0 Å². The van der Waals surface area contributed by atoms with Gasteiger partial charge in [0.2, 0.25) is 0 Å². The fraction of sp³-hybridized carbons (Fsp3) is 0. The summed E-state index contributed by atoms with van der Waals surface area (Å²) in [4.78, 5) is 22.2.